The van der Waals surface area contributed by atoms with Crippen LogP contribution in [0, 0.1) is 17.8 Å². The van der Waals surface area contributed by atoms with Crippen LogP contribution < -0.4 is 0 Å². The standard InChI is InChI=1S/C19H18ClNO4/c20-15-4-2-1-3-12(15)16-7-8-17(25-16)18(22)21-9-13(11-5-6-11)14(10-21)19(23)24/h1-4,7-8,11,13-14H,5-6,9-10H2,(H,23,24)/t13-,14+/m1/s1. The molecule has 1 aliphatic carbocycles. The normalized spacial score (nSPS) is 23.0. The number of hydrogen-bond acceptors (Lipinski definition) is 3. The Balaban J connectivity index is 1.54. The first-order chi connectivity index (χ1) is 12.0. The molecule has 1 saturated heterocycles. The van der Waals surface area contributed by atoms with Crippen LogP contribution in [0.1, 0.15) is 23.4 Å². The van der Waals surface area contributed by atoms with E-state index in [9.17, 15) is 14.7 Å². The van der Waals surface area contributed by atoms with E-state index in [1.807, 2.05) is 18.2 Å². The summed E-state index contributed by atoms with van der Waals surface area (Å²) in [5.41, 5.74) is 0.726. The number of aliphatic carboxylic acids is 1. The summed E-state index contributed by atoms with van der Waals surface area (Å²) in [5, 5.41) is 9.99. The second kappa shape index (κ2) is 6.23. The Bertz CT molecular complexity index is 826. The van der Waals surface area contributed by atoms with E-state index >= 15 is 0 Å². The van der Waals surface area contributed by atoms with Gasteiger partial charge in [-0.05, 0) is 48.9 Å². The van der Waals surface area contributed by atoms with Gasteiger partial charge in [-0.15, -0.1) is 0 Å². The topological polar surface area (TPSA) is 70.8 Å². The van der Waals surface area contributed by atoms with Crippen LogP contribution in [0.4, 0.5) is 0 Å². The quantitative estimate of drug-likeness (QED) is 0.901. The molecule has 2 aromatic rings. The molecule has 130 valence electrons. The van der Waals surface area contributed by atoms with Crippen molar-refractivity contribution in [2.45, 2.75) is 12.8 Å². The number of amides is 1. The van der Waals surface area contributed by atoms with Gasteiger partial charge in [0.1, 0.15) is 5.76 Å². The average molecular weight is 360 g/mol. The molecule has 2 fully saturated rings. The molecule has 1 amide bonds. The van der Waals surface area contributed by atoms with Crippen LogP contribution in [-0.4, -0.2) is 35.0 Å². The average Bonchev–Trinajstić information content (AvgIpc) is 3.16. The van der Waals surface area contributed by atoms with Crippen LogP contribution in [-0.2, 0) is 4.79 Å². The van der Waals surface area contributed by atoms with E-state index in [2.05, 4.69) is 0 Å². The molecule has 1 saturated carbocycles. The third-order valence-corrected chi connectivity index (χ3v) is 5.48. The molecule has 1 aromatic heterocycles. The van der Waals surface area contributed by atoms with Crippen molar-refractivity contribution in [3.8, 4) is 11.3 Å². The van der Waals surface area contributed by atoms with Crippen LogP contribution in [0.15, 0.2) is 40.8 Å². The number of carboxylic acids is 1. The summed E-state index contributed by atoms with van der Waals surface area (Å²) >= 11 is 6.17. The van der Waals surface area contributed by atoms with Crippen molar-refractivity contribution in [3.05, 3.63) is 47.2 Å². The van der Waals surface area contributed by atoms with Gasteiger partial charge in [-0.3, -0.25) is 9.59 Å². The number of halogens is 1. The summed E-state index contributed by atoms with van der Waals surface area (Å²) in [7, 11) is 0. The Morgan fingerprint density at radius 3 is 2.56 bits per heavy atom. The third kappa shape index (κ3) is 3.04. The Morgan fingerprint density at radius 2 is 1.88 bits per heavy atom. The fourth-order valence-corrected chi connectivity index (χ4v) is 3.90. The summed E-state index contributed by atoms with van der Waals surface area (Å²) in [6.45, 7) is 0.736. The third-order valence-electron chi connectivity index (χ3n) is 5.15. The van der Waals surface area contributed by atoms with E-state index in [4.69, 9.17) is 16.0 Å². The van der Waals surface area contributed by atoms with Gasteiger partial charge in [-0.25, -0.2) is 0 Å². The minimum atomic E-state index is -0.816. The van der Waals surface area contributed by atoms with Gasteiger partial charge < -0.3 is 14.4 Å². The van der Waals surface area contributed by atoms with Crippen LogP contribution in [0.3, 0.4) is 0 Å². The summed E-state index contributed by atoms with van der Waals surface area (Å²) in [6.07, 6.45) is 2.13. The van der Waals surface area contributed by atoms with Gasteiger partial charge in [-0.1, -0.05) is 23.7 Å². The van der Waals surface area contributed by atoms with Gasteiger partial charge in [0.25, 0.3) is 5.91 Å². The molecule has 0 radical (unpaired) electrons. The second-order valence-corrected chi connectivity index (χ2v) is 7.21. The Hall–Kier alpha value is -2.27. The lowest BCUT2D eigenvalue weighted by Crippen LogP contribution is -2.29. The van der Waals surface area contributed by atoms with E-state index in [0.29, 0.717) is 23.2 Å². The Morgan fingerprint density at radius 1 is 1.12 bits per heavy atom. The lowest BCUT2D eigenvalue weighted by Gasteiger charge is -2.14. The zero-order chi connectivity index (χ0) is 17.6. The van der Waals surface area contributed by atoms with Gasteiger partial charge in [-0.2, -0.15) is 0 Å². The highest BCUT2D eigenvalue weighted by atomic mass is 35.5. The fourth-order valence-electron chi connectivity index (χ4n) is 3.67. The first kappa shape index (κ1) is 16.2. The van der Waals surface area contributed by atoms with Gasteiger partial charge in [0.2, 0.25) is 0 Å². The molecular weight excluding hydrogens is 342 g/mol. The van der Waals surface area contributed by atoms with Crippen molar-refractivity contribution >= 4 is 23.5 Å². The van der Waals surface area contributed by atoms with Gasteiger partial charge in [0.15, 0.2) is 5.76 Å². The summed E-state index contributed by atoms with van der Waals surface area (Å²) < 4.78 is 5.71. The largest absolute Gasteiger partial charge is 0.481 e. The summed E-state index contributed by atoms with van der Waals surface area (Å²) in [4.78, 5) is 25.8. The number of rotatable bonds is 4. The summed E-state index contributed by atoms with van der Waals surface area (Å²) in [6, 6.07) is 10.6. The van der Waals surface area contributed by atoms with Crippen molar-refractivity contribution < 1.29 is 19.1 Å². The number of benzene rings is 1. The van der Waals surface area contributed by atoms with Crippen molar-refractivity contribution in [3.63, 3.8) is 0 Å². The highest BCUT2D eigenvalue weighted by molar-refractivity contribution is 6.33. The zero-order valence-electron chi connectivity index (χ0n) is 13.5. The number of carboxylic acid groups (broad SMARTS) is 1. The highest BCUT2D eigenvalue weighted by Gasteiger charge is 2.47. The van der Waals surface area contributed by atoms with Crippen molar-refractivity contribution in [1.29, 1.82) is 0 Å². The molecule has 1 N–H and O–H groups in total. The lowest BCUT2D eigenvalue weighted by atomic mass is 9.92. The molecule has 25 heavy (non-hydrogen) atoms. The summed E-state index contributed by atoms with van der Waals surface area (Å²) in [5.74, 6) is -0.309. The Labute approximate surface area is 150 Å². The zero-order valence-corrected chi connectivity index (χ0v) is 14.3. The number of likely N-dealkylation sites (tertiary alicyclic amines) is 1. The molecule has 6 heteroatoms. The van der Waals surface area contributed by atoms with Gasteiger partial charge >= 0.3 is 5.97 Å². The molecule has 0 bridgehead atoms. The highest BCUT2D eigenvalue weighted by Crippen LogP contribution is 2.44. The van der Waals surface area contributed by atoms with Crippen molar-refractivity contribution in [2.75, 3.05) is 13.1 Å². The maximum atomic E-state index is 12.7. The van der Waals surface area contributed by atoms with E-state index in [1.54, 1.807) is 23.1 Å². The number of carbonyl (C=O) groups is 2. The van der Waals surface area contributed by atoms with Crippen LogP contribution >= 0.6 is 11.6 Å². The van der Waals surface area contributed by atoms with Crippen molar-refractivity contribution in [2.24, 2.45) is 17.8 Å². The molecule has 0 spiro atoms. The molecule has 1 aromatic carbocycles. The smallest absolute Gasteiger partial charge is 0.308 e. The van der Waals surface area contributed by atoms with E-state index in [-0.39, 0.29) is 24.1 Å². The van der Waals surface area contributed by atoms with E-state index < -0.39 is 11.9 Å². The molecule has 1 aliphatic heterocycles. The van der Waals surface area contributed by atoms with E-state index in [0.717, 1.165) is 18.4 Å². The fraction of sp³-hybridized carbons (Fsp3) is 0.368. The van der Waals surface area contributed by atoms with E-state index in [1.165, 1.54) is 0 Å². The van der Waals surface area contributed by atoms with Crippen molar-refractivity contribution in [1.82, 2.24) is 4.90 Å². The van der Waals surface area contributed by atoms with Crippen LogP contribution in [0.2, 0.25) is 5.02 Å². The number of furan rings is 1. The van der Waals surface area contributed by atoms with Crippen LogP contribution in [0.5, 0.6) is 0 Å². The molecule has 4 rings (SSSR count). The molecule has 0 unspecified atom stereocenters. The Kier molecular flexibility index (Phi) is 4.04. The minimum absolute atomic E-state index is 0.0550. The predicted octanol–water partition coefficient (Wildman–Crippen LogP) is 3.78. The first-order valence-corrected chi connectivity index (χ1v) is 8.79. The lowest BCUT2D eigenvalue weighted by molar-refractivity contribution is -0.142. The second-order valence-electron chi connectivity index (χ2n) is 6.80. The monoisotopic (exact) mass is 359 g/mol. The minimum Gasteiger partial charge on any atom is -0.481 e. The first-order valence-electron chi connectivity index (χ1n) is 8.41. The number of hydrogen-bond donors (Lipinski definition) is 1. The molecule has 2 heterocycles. The number of nitrogens with zero attached hydrogens (tertiary/aromatic N) is 1. The number of carbonyl (C=O) groups excluding carboxylic acids is 1. The molecular formula is C19H18ClNO4. The molecule has 5 nitrogen and oxygen atoms in total. The molecule has 2 aliphatic rings. The maximum absolute atomic E-state index is 12.7. The van der Waals surface area contributed by atoms with Crippen LogP contribution in [0.25, 0.3) is 11.3 Å². The predicted molar refractivity (Wildman–Crippen MR) is 92.4 cm³/mol. The maximum Gasteiger partial charge on any atom is 0.308 e. The van der Waals surface area contributed by atoms with Gasteiger partial charge in [0, 0.05) is 18.7 Å². The SMILES string of the molecule is O=C(O)[C@H]1CN(C(=O)c2ccc(-c3ccccc3Cl)o2)C[C@@H]1C1CC1. The van der Waals surface area contributed by atoms with Gasteiger partial charge in [0.05, 0.1) is 10.9 Å². The molecule has 2 atom stereocenters.